The second kappa shape index (κ2) is 16.2. The summed E-state index contributed by atoms with van der Waals surface area (Å²) in [6.45, 7) is 6.57. The van der Waals surface area contributed by atoms with E-state index in [0.29, 0.717) is 35.0 Å². The van der Waals surface area contributed by atoms with Crippen LogP contribution in [0, 0.1) is 11.7 Å². The zero-order valence-electron chi connectivity index (χ0n) is 30.5. The Kier molecular flexibility index (Phi) is 11.2. The van der Waals surface area contributed by atoms with E-state index in [-0.39, 0.29) is 53.4 Å². The summed E-state index contributed by atoms with van der Waals surface area (Å²) >= 11 is 0. The van der Waals surface area contributed by atoms with E-state index in [9.17, 15) is 23.2 Å². The van der Waals surface area contributed by atoms with Gasteiger partial charge in [-0.25, -0.2) is 23.1 Å². The number of nitrogens with one attached hydrogen (secondary N) is 3. The lowest BCUT2D eigenvalue weighted by Crippen LogP contribution is -2.47. The third-order valence-electron chi connectivity index (χ3n) is 10.8. The van der Waals surface area contributed by atoms with Crippen LogP contribution in [0.25, 0.3) is 5.65 Å². The molecule has 2 saturated heterocycles. The molecule has 3 aliphatic rings. The summed E-state index contributed by atoms with van der Waals surface area (Å²) in [5, 5.41) is 8.02. The number of ether oxygens (including phenoxy) is 1. The SMILES string of the molecule is CC(C)Oc1cc2nc([C@H]3CC[C@H](CN4CCC(c5ccc(NC6CCC(=O)NC6=O)cc5F)CC4)CC3)cn2cc1C(=O)Nc1cccc(C(F)F)n1. The molecule has 286 valence electrons. The standard InChI is InChI=1S/C40H46F3N7O4/c1-23(2)54-34-19-36-46-33(22-50(36)21-29(34)39(52)47-35-5-3-4-31(45-35)38(42)43)26-8-6-24(7-9-26)20-49-16-14-25(15-17-49)28-11-10-27(18-30(28)41)44-32-12-13-37(51)48-40(32)53/h3-5,10-11,18-19,21-26,32,38,44H,6-9,12-17,20H2,1-2H3,(H,45,47,52)(H,48,51,53)/t24-,26-,32?. The highest BCUT2D eigenvalue weighted by molar-refractivity contribution is 6.06. The number of amides is 3. The molecule has 4 aromatic rings. The number of carbonyl (C=O) groups excluding carboxylic acids is 3. The summed E-state index contributed by atoms with van der Waals surface area (Å²) < 4.78 is 49.4. The van der Waals surface area contributed by atoms with Crippen molar-refractivity contribution in [3.63, 3.8) is 0 Å². The van der Waals surface area contributed by atoms with E-state index in [2.05, 4.69) is 25.8 Å². The molecule has 1 atom stereocenters. The smallest absolute Gasteiger partial charge is 0.280 e. The molecule has 2 aliphatic heterocycles. The van der Waals surface area contributed by atoms with Gasteiger partial charge in [-0.3, -0.25) is 19.7 Å². The number of pyridine rings is 2. The number of nitrogens with zero attached hydrogens (tertiary/aromatic N) is 4. The summed E-state index contributed by atoms with van der Waals surface area (Å²) in [5.74, 6) is -0.0660. The average molecular weight is 746 g/mol. The molecule has 3 amide bonds. The number of anilines is 2. The zero-order chi connectivity index (χ0) is 37.9. The molecule has 1 aromatic carbocycles. The van der Waals surface area contributed by atoms with Crippen LogP contribution in [0.1, 0.15) is 111 Å². The second-order valence-corrected chi connectivity index (χ2v) is 15.0. The van der Waals surface area contributed by atoms with Crippen LogP contribution in [0.15, 0.2) is 54.9 Å². The van der Waals surface area contributed by atoms with Crippen molar-refractivity contribution < 1.29 is 32.3 Å². The predicted octanol–water partition coefficient (Wildman–Crippen LogP) is 7.22. The summed E-state index contributed by atoms with van der Waals surface area (Å²) in [6.07, 6.45) is 7.26. The van der Waals surface area contributed by atoms with Crippen molar-refractivity contribution in [1.82, 2.24) is 24.6 Å². The molecule has 0 radical (unpaired) electrons. The van der Waals surface area contributed by atoms with Crippen molar-refractivity contribution in [2.75, 3.05) is 30.3 Å². The number of halogens is 3. The Hall–Kier alpha value is -4.98. The number of rotatable bonds is 11. The van der Waals surface area contributed by atoms with Crippen LogP contribution in [0.5, 0.6) is 5.75 Å². The molecule has 7 rings (SSSR count). The minimum absolute atomic E-state index is 0.0302. The second-order valence-electron chi connectivity index (χ2n) is 15.0. The van der Waals surface area contributed by atoms with E-state index in [1.165, 1.54) is 24.3 Å². The molecule has 1 saturated carbocycles. The maximum atomic E-state index is 15.2. The van der Waals surface area contributed by atoms with Crippen LogP contribution in [-0.2, 0) is 9.59 Å². The van der Waals surface area contributed by atoms with Gasteiger partial charge in [0.2, 0.25) is 11.8 Å². The number of likely N-dealkylation sites (tertiary alicyclic amines) is 1. The summed E-state index contributed by atoms with van der Waals surface area (Å²) in [7, 11) is 0. The average Bonchev–Trinajstić information content (AvgIpc) is 3.56. The zero-order valence-corrected chi connectivity index (χ0v) is 30.5. The number of alkyl halides is 2. The topological polar surface area (TPSA) is 130 Å². The highest BCUT2D eigenvalue weighted by atomic mass is 19.3. The highest BCUT2D eigenvalue weighted by Gasteiger charge is 2.30. The number of imidazole rings is 1. The minimum Gasteiger partial charge on any atom is -0.490 e. The van der Waals surface area contributed by atoms with E-state index >= 15 is 4.39 Å². The van der Waals surface area contributed by atoms with E-state index in [1.807, 2.05) is 36.6 Å². The largest absolute Gasteiger partial charge is 0.490 e. The molecule has 1 unspecified atom stereocenters. The summed E-state index contributed by atoms with van der Waals surface area (Å²) in [4.78, 5) is 48.2. The lowest BCUT2D eigenvalue weighted by molar-refractivity contribution is -0.133. The maximum absolute atomic E-state index is 15.2. The molecule has 11 nitrogen and oxygen atoms in total. The summed E-state index contributed by atoms with van der Waals surface area (Å²) in [5.41, 5.74) is 2.71. The van der Waals surface area contributed by atoms with Crippen LogP contribution in [0.2, 0.25) is 0 Å². The molecular weight excluding hydrogens is 699 g/mol. The third kappa shape index (κ3) is 8.69. The van der Waals surface area contributed by atoms with Crippen molar-refractivity contribution in [3.8, 4) is 5.75 Å². The Morgan fingerprint density at radius 2 is 1.74 bits per heavy atom. The van der Waals surface area contributed by atoms with E-state index in [0.717, 1.165) is 63.9 Å². The fourth-order valence-electron chi connectivity index (χ4n) is 7.99. The number of imide groups is 1. The normalized spacial score (nSPS) is 21.4. The van der Waals surface area contributed by atoms with Gasteiger partial charge in [-0.1, -0.05) is 12.1 Å². The Morgan fingerprint density at radius 3 is 2.44 bits per heavy atom. The van der Waals surface area contributed by atoms with Crippen LogP contribution in [-0.4, -0.2) is 68.8 Å². The van der Waals surface area contributed by atoms with Crippen LogP contribution < -0.4 is 20.7 Å². The van der Waals surface area contributed by atoms with Gasteiger partial charge in [0.25, 0.3) is 12.3 Å². The van der Waals surface area contributed by atoms with Crippen molar-refractivity contribution in [2.45, 2.75) is 95.6 Å². The fourth-order valence-corrected chi connectivity index (χ4v) is 7.99. The predicted molar refractivity (Wildman–Crippen MR) is 197 cm³/mol. The number of hydrogen-bond acceptors (Lipinski definition) is 8. The monoisotopic (exact) mass is 745 g/mol. The molecule has 1 aliphatic carbocycles. The molecule has 0 spiro atoms. The maximum Gasteiger partial charge on any atom is 0.280 e. The number of carbonyl (C=O) groups is 3. The molecule has 0 bridgehead atoms. The van der Waals surface area contributed by atoms with Crippen LogP contribution in [0.3, 0.4) is 0 Å². The first-order chi connectivity index (χ1) is 26.0. The van der Waals surface area contributed by atoms with Crippen molar-refractivity contribution in [2.24, 2.45) is 5.92 Å². The van der Waals surface area contributed by atoms with E-state index in [1.54, 1.807) is 12.3 Å². The lowest BCUT2D eigenvalue weighted by atomic mass is 9.80. The number of fused-ring (bicyclic) bond motifs is 1. The number of benzene rings is 1. The van der Waals surface area contributed by atoms with E-state index < -0.39 is 24.1 Å². The number of aromatic nitrogens is 3. The van der Waals surface area contributed by atoms with Gasteiger partial charge in [-0.05, 0) is 114 Å². The first-order valence-corrected chi connectivity index (χ1v) is 18.9. The van der Waals surface area contributed by atoms with Crippen molar-refractivity contribution in [3.05, 3.63) is 83.2 Å². The van der Waals surface area contributed by atoms with Crippen molar-refractivity contribution >= 4 is 34.9 Å². The van der Waals surface area contributed by atoms with Gasteiger partial charge in [0.15, 0.2) is 0 Å². The molecule has 14 heteroatoms. The number of piperidine rings is 2. The summed E-state index contributed by atoms with van der Waals surface area (Å²) in [6, 6.07) is 10.4. The Labute approximate surface area is 312 Å². The lowest BCUT2D eigenvalue weighted by Gasteiger charge is -2.36. The molecule has 54 heavy (non-hydrogen) atoms. The Bertz CT molecular complexity index is 2000. The van der Waals surface area contributed by atoms with Gasteiger partial charge in [0, 0.05) is 43.0 Å². The molecule has 3 fully saturated rings. The highest BCUT2D eigenvalue weighted by Crippen LogP contribution is 2.38. The molecular formula is C40H46F3N7O4. The quantitative estimate of drug-likeness (QED) is 0.137. The first-order valence-electron chi connectivity index (χ1n) is 18.9. The van der Waals surface area contributed by atoms with Gasteiger partial charge < -0.3 is 24.7 Å². The van der Waals surface area contributed by atoms with Gasteiger partial charge >= 0.3 is 0 Å². The van der Waals surface area contributed by atoms with Crippen LogP contribution >= 0.6 is 0 Å². The molecule has 3 aromatic heterocycles. The van der Waals surface area contributed by atoms with Gasteiger partial charge in [-0.15, -0.1) is 0 Å². The minimum atomic E-state index is -2.75. The van der Waals surface area contributed by atoms with Gasteiger partial charge in [0.05, 0.1) is 17.4 Å². The Balaban J connectivity index is 0.921. The van der Waals surface area contributed by atoms with E-state index in [4.69, 9.17) is 9.72 Å². The Morgan fingerprint density at radius 1 is 0.963 bits per heavy atom. The first kappa shape index (κ1) is 37.3. The van der Waals surface area contributed by atoms with Crippen molar-refractivity contribution in [1.29, 1.82) is 0 Å². The fraction of sp³-hybridized carbons (Fsp3) is 0.475. The third-order valence-corrected chi connectivity index (χ3v) is 10.8. The van der Waals surface area contributed by atoms with Gasteiger partial charge in [0.1, 0.15) is 34.8 Å². The molecule has 5 heterocycles. The molecule has 3 N–H and O–H groups in total. The van der Waals surface area contributed by atoms with Crippen LogP contribution in [0.4, 0.5) is 24.7 Å². The number of hydrogen-bond donors (Lipinski definition) is 3. The van der Waals surface area contributed by atoms with Gasteiger partial charge in [-0.2, -0.15) is 0 Å².